The summed E-state index contributed by atoms with van der Waals surface area (Å²) >= 11 is 0. The van der Waals surface area contributed by atoms with Crippen LogP contribution in [0.25, 0.3) is 0 Å². The van der Waals surface area contributed by atoms with Gasteiger partial charge in [-0.2, -0.15) is 9.40 Å². The number of sulfonamides is 1. The van der Waals surface area contributed by atoms with E-state index in [1.54, 1.807) is 18.2 Å². The summed E-state index contributed by atoms with van der Waals surface area (Å²) in [6.07, 6.45) is 1.75. The molecule has 1 aliphatic rings. The van der Waals surface area contributed by atoms with Gasteiger partial charge in [-0.1, -0.05) is 20.8 Å². The molecule has 1 fully saturated rings. The molecule has 26 heavy (non-hydrogen) atoms. The number of hydrogen-bond donors (Lipinski definition) is 1. The lowest BCUT2D eigenvalue weighted by atomic mass is 10.0. The minimum atomic E-state index is -3.58. The molecule has 1 aromatic rings. The van der Waals surface area contributed by atoms with Gasteiger partial charge < -0.3 is 5.32 Å². The number of nitrogens with zero attached hydrogens (tertiary/aromatic N) is 3. The predicted molar refractivity (Wildman–Crippen MR) is 101 cm³/mol. The molecule has 1 atom stereocenters. The average molecular weight is 385 g/mol. The Morgan fingerprint density at radius 2 is 1.81 bits per heavy atom. The molecule has 2 rings (SSSR count). The molecule has 1 aliphatic heterocycles. The van der Waals surface area contributed by atoms with Gasteiger partial charge in [-0.25, -0.2) is 8.42 Å². The summed E-state index contributed by atoms with van der Waals surface area (Å²) in [5.41, 5.74) is 0.972. The lowest BCUT2D eigenvalue weighted by Gasteiger charge is -2.29. The number of piperidine rings is 1. The first kappa shape index (κ1) is 20.9. The van der Waals surface area contributed by atoms with Crippen LogP contribution < -0.4 is 5.32 Å². The van der Waals surface area contributed by atoms with E-state index in [9.17, 15) is 13.2 Å². The second kappa shape index (κ2) is 8.08. The largest absolute Gasteiger partial charge is 0.352 e. The van der Waals surface area contributed by atoms with Gasteiger partial charge in [0.25, 0.3) is 0 Å². The van der Waals surface area contributed by atoms with E-state index in [1.165, 1.54) is 4.68 Å². The molecule has 0 saturated carbocycles. The third kappa shape index (κ3) is 4.46. The fourth-order valence-electron chi connectivity index (χ4n) is 3.16. The van der Waals surface area contributed by atoms with Crippen LogP contribution in [0, 0.1) is 25.7 Å². The Kier molecular flexibility index (Phi) is 6.50. The van der Waals surface area contributed by atoms with Gasteiger partial charge in [0.15, 0.2) is 0 Å². The highest BCUT2D eigenvalue weighted by molar-refractivity contribution is 7.89. The molecule has 1 amide bonds. The topological polar surface area (TPSA) is 84.3 Å². The predicted octanol–water partition coefficient (Wildman–Crippen LogP) is 2.08. The Balaban J connectivity index is 2.20. The molecule has 7 nitrogen and oxygen atoms in total. The second-order valence-corrected chi connectivity index (χ2v) is 9.72. The van der Waals surface area contributed by atoms with Crippen LogP contribution in [0.1, 0.15) is 51.9 Å². The Bertz CT molecular complexity index is 747. The molecule has 1 N–H and O–H groups in total. The highest BCUT2D eigenvalue weighted by Crippen LogP contribution is 2.27. The van der Waals surface area contributed by atoms with Crippen molar-refractivity contribution in [3.63, 3.8) is 0 Å². The maximum absolute atomic E-state index is 13.1. The normalized spacial score (nSPS) is 18.3. The molecule has 8 heteroatoms. The van der Waals surface area contributed by atoms with Gasteiger partial charge in [0.05, 0.1) is 11.4 Å². The number of hydrogen-bond acceptors (Lipinski definition) is 4. The number of amides is 1. The van der Waals surface area contributed by atoms with E-state index in [4.69, 9.17) is 0 Å². The molecule has 0 spiro atoms. The zero-order valence-electron chi connectivity index (χ0n) is 16.7. The van der Waals surface area contributed by atoms with Gasteiger partial charge in [-0.3, -0.25) is 9.48 Å². The number of nitrogens with one attached hydrogen (secondary N) is 1. The molecular weight excluding hydrogens is 352 g/mol. The van der Waals surface area contributed by atoms with Gasteiger partial charge in [0.1, 0.15) is 11.4 Å². The molecule has 1 aromatic heterocycles. The number of carbonyl (C=O) groups excluding carboxylic acids is 1. The minimum absolute atomic E-state index is 0.0241. The summed E-state index contributed by atoms with van der Waals surface area (Å²) in [6, 6.07) is 0.0537. The Labute approximate surface area is 157 Å². The van der Waals surface area contributed by atoms with Crippen molar-refractivity contribution < 1.29 is 13.2 Å². The van der Waals surface area contributed by atoms with Crippen molar-refractivity contribution in [2.75, 3.05) is 13.1 Å². The van der Waals surface area contributed by atoms with Crippen LogP contribution in [-0.2, 0) is 21.4 Å². The number of aromatic nitrogens is 2. The fourth-order valence-corrected chi connectivity index (χ4v) is 5.01. The van der Waals surface area contributed by atoms with E-state index < -0.39 is 10.0 Å². The van der Waals surface area contributed by atoms with Gasteiger partial charge in [0, 0.05) is 19.1 Å². The van der Waals surface area contributed by atoms with Crippen molar-refractivity contribution in [3.05, 3.63) is 11.4 Å². The second-order valence-electron chi connectivity index (χ2n) is 7.84. The molecule has 0 unspecified atom stereocenters. The van der Waals surface area contributed by atoms with Gasteiger partial charge >= 0.3 is 0 Å². The van der Waals surface area contributed by atoms with Crippen molar-refractivity contribution in [2.45, 2.75) is 71.9 Å². The summed E-state index contributed by atoms with van der Waals surface area (Å²) in [7, 11) is -3.58. The third-order valence-electron chi connectivity index (χ3n) is 5.34. The molecule has 0 aliphatic carbocycles. The zero-order valence-corrected chi connectivity index (χ0v) is 17.6. The van der Waals surface area contributed by atoms with Crippen LogP contribution in [0.4, 0.5) is 0 Å². The smallest absolute Gasteiger partial charge is 0.246 e. The van der Waals surface area contributed by atoms with Crippen LogP contribution in [0.3, 0.4) is 0 Å². The van der Waals surface area contributed by atoms with E-state index >= 15 is 0 Å². The highest BCUT2D eigenvalue weighted by Gasteiger charge is 2.33. The standard InChI is InChI=1S/C18H32N4O3S/c1-12(2)14(4)19-17(23)11-22-16(6)18(15(5)20-22)26(24,25)21-9-7-13(3)8-10-21/h12-14H,7-11H2,1-6H3,(H,19,23)/t14-/m1/s1. The highest BCUT2D eigenvalue weighted by atomic mass is 32.2. The van der Waals surface area contributed by atoms with E-state index in [2.05, 4.69) is 17.3 Å². The summed E-state index contributed by atoms with van der Waals surface area (Å²) < 4.78 is 29.2. The van der Waals surface area contributed by atoms with Crippen LogP contribution in [0.5, 0.6) is 0 Å². The maximum atomic E-state index is 13.1. The number of carbonyl (C=O) groups is 1. The van der Waals surface area contributed by atoms with E-state index in [1.807, 2.05) is 20.8 Å². The van der Waals surface area contributed by atoms with Crippen molar-refractivity contribution in [2.24, 2.45) is 11.8 Å². The summed E-state index contributed by atoms with van der Waals surface area (Å²) in [5, 5.41) is 7.26. The summed E-state index contributed by atoms with van der Waals surface area (Å²) in [5.74, 6) is 0.724. The Morgan fingerprint density at radius 1 is 1.23 bits per heavy atom. The molecule has 148 valence electrons. The molecular formula is C18H32N4O3S. The van der Waals surface area contributed by atoms with Gasteiger partial charge in [-0.05, 0) is 45.4 Å². The Hall–Kier alpha value is -1.41. The van der Waals surface area contributed by atoms with E-state index in [0.29, 0.717) is 36.3 Å². The molecule has 2 heterocycles. The summed E-state index contributed by atoms with van der Waals surface area (Å²) in [6.45, 7) is 12.7. The van der Waals surface area contributed by atoms with Crippen molar-refractivity contribution in [1.82, 2.24) is 19.4 Å². The van der Waals surface area contributed by atoms with E-state index in [0.717, 1.165) is 12.8 Å². The first-order valence-electron chi connectivity index (χ1n) is 9.37. The Morgan fingerprint density at radius 3 is 2.35 bits per heavy atom. The van der Waals surface area contributed by atoms with Crippen molar-refractivity contribution >= 4 is 15.9 Å². The number of rotatable bonds is 6. The maximum Gasteiger partial charge on any atom is 0.246 e. The molecule has 0 bridgehead atoms. The summed E-state index contributed by atoms with van der Waals surface area (Å²) in [4.78, 5) is 12.5. The van der Waals surface area contributed by atoms with Crippen LogP contribution in [0.15, 0.2) is 4.90 Å². The quantitative estimate of drug-likeness (QED) is 0.814. The molecule has 1 saturated heterocycles. The first-order chi connectivity index (χ1) is 12.0. The van der Waals surface area contributed by atoms with E-state index in [-0.39, 0.29) is 23.4 Å². The zero-order chi connectivity index (χ0) is 19.6. The van der Waals surface area contributed by atoms with Crippen molar-refractivity contribution in [1.29, 1.82) is 0 Å². The minimum Gasteiger partial charge on any atom is -0.352 e. The van der Waals surface area contributed by atoms with Crippen molar-refractivity contribution in [3.8, 4) is 0 Å². The fraction of sp³-hybridized carbons (Fsp3) is 0.778. The first-order valence-corrected chi connectivity index (χ1v) is 10.8. The van der Waals surface area contributed by atoms with Crippen LogP contribution in [0.2, 0.25) is 0 Å². The number of aryl methyl sites for hydroxylation is 1. The lowest BCUT2D eigenvalue weighted by molar-refractivity contribution is -0.122. The SMILES string of the molecule is Cc1nn(CC(=O)N[C@H](C)C(C)C)c(C)c1S(=O)(=O)N1CCC(C)CC1. The monoisotopic (exact) mass is 384 g/mol. The van der Waals surface area contributed by atoms with Gasteiger partial charge in [0.2, 0.25) is 15.9 Å². The third-order valence-corrected chi connectivity index (χ3v) is 7.49. The van der Waals surface area contributed by atoms with Crippen LogP contribution >= 0.6 is 0 Å². The molecule has 0 radical (unpaired) electrons. The van der Waals surface area contributed by atoms with Gasteiger partial charge in [-0.15, -0.1) is 0 Å². The van der Waals surface area contributed by atoms with Crippen LogP contribution in [-0.4, -0.2) is 47.5 Å². The molecule has 0 aromatic carbocycles. The lowest BCUT2D eigenvalue weighted by Crippen LogP contribution is -2.39. The average Bonchev–Trinajstić information content (AvgIpc) is 2.81.